The van der Waals surface area contributed by atoms with Crippen molar-refractivity contribution < 1.29 is 13.5 Å². The number of sulfonamides is 1. The minimum atomic E-state index is -3.51. The number of benzene rings is 3. The van der Waals surface area contributed by atoms with Gasteiger partial charge in [-0.05, 0) is 29.8 Å². The molecule has 1 N–H and O–H groups in total. The molecule has 7 heteroatoms. The van der Waals surface area contributed by atoms with Gasteiger partial charge in [0.05, 0.1) is 18.9 Å². The van der Waals surface area contributed by atoms with Crippen LogP contribution in [0, 0.1) is 0 Å². The molecule has 0 aliphatic carbocycles. The second kappa shape index (κ2) is 8.40. The van der Waals surface area contributed by atoms with Crippen LogP contribution in [0.3, 0.4) is 0 Å². The van der Waals surface area contributed by atoms with Gasteiger partial charge in [0.1, 0.15) is 0 Å². The summed E-state index contributed by atoms with van der Waals surface area (Å²) in [7, 11) is -3.51. The van der Waals surface area contributed by atoms with E-state index >= 15 is 0 Å². The molecule has 1 atom stereocenters. The van der Waals surface area contributed by atoms with E-state index in [0.29, 0.717) is 5.02 Å². The minimum absolute atomic E-state index is 0.00776. The molecule has 1 unspecified atom stereocenters. The lowest BCUT2D eigenvalue weighted by atomic mass is 10.2. The Morgan fingerprint density at radius 3 is 2.13 bits per heavy atom. The Kier molecular flexibility index (Phi) is 5.84. The predicted octanol–water partition coefficient (Wildman–Crippen LogP) is 4.27. The monoisotopic (exact) mass is 442 g/mol. The number of para-hydroxylation sites is 2. The molecular formula is C23H23ClN2O3S. The summed E-state index contributed by atoms with van der Waals surface area (Å²) in [5, 5.41) is 13.6. The standard InChI is InChI=1S/C23H23ClN2O3S/c1-30(28,29)25(14-17-7-6-8-18(24)13-17)15-19(27)16-26-22-11-4-2-9-20(22)21-10-3-5-12-23(21)26/h2-13,19,27H,14-16H2,1H3. The predicted molar refractivity (Wildman–Crippen MR) is 122 cm³/mol. The van der Waals surface area contributed by atoms with E-state index in [1.165, 1.54) is 4.31 Å². The third-order valence-corrected chi connectivity index (χ3v) is 6.66. The van der Waals surface area contributed by atoms with Crippen LogP contribution in [0.15, 0.2) is 72.8 Å². The number of hydrogen-bond donors (Lipinski definition) is 1. The maximum Gasteiger partial charge on any atom is 0.211 e. The topological polar surface area (TPSA) is 62.5 Å². The number of rotatable bonds is 7. The Morgan fingerprint density at radius 2 is 1.57 bits per heavy atom. The third kappa shape index (κ3) is 4.37. The van der Waals surface area contributed by atoms with Crippen molar-refractivity contribution in [2.24, 2.45) is 0 Å². The summed E-state index contributed by atoms with van der Waals surface area (Å²) in [6, 6.07) is 23.1. The highest BCUT2D eigenvalue weighted by molar-refractivity contribution is 7.88. The van der Waals surface area contributed by atoms with Crippen molar-refractivity contribution in [3.05, 3.63) is 83.4 Å². The molecule has 0 bridgehead atoms. The van der Waals surface area contributed by atoms with Crippen LogP contribution < -0.4 is 0 Å². The average molecular weight is 443 g/mol. The van der Waals surface area contributed by atoms with Crippen molar-refractivity contribution >= 4 is 43.4 Å². The first kappa shape index (κ1) is 20.9. The zero-order valence-electron chi connectivity index (χ0n) is 16.6. The molecule has 30 heavy (non-hydrogen) atoms. The summed E-state index contributed by atoms with van der Waals surface area (Å²) >= 11 is 6.03. The average Bonchev–Trinajstić information content (AvgIpc) is 3.01. The molecule has 0 amide bonds. The Bertz CT molecular complexity index is 1250. The number of nitrogens with zero attached hydrogens (tertiary/aromatic N) is 2. The van der Waals surface area contributed by atoms with Crippen LogP contribution in [0.1, 0.15) is 5.56 Å². The molecule has 0 radical (unpaired) electrons. The van der Waals surface area contributed by atoms with E-state index in [0.717, 1.165) is 33.6 Å². The van der Waals surface area contributed by atoms with E-state index in [1.807, 2.05) is 42.5 Å². The second-order valence-corrected chi connectivity index (χ2v) is 9.90. The van der Waals surface area contributed by atoms with Gasteiger partial charge >= 0.3 is 0 Å². The van der Waals surface area contributed by atoms with E-state index in [-0.39, 0.29) is 19.6 Å². The molecule has 0 fully saturated rings. The number of halogens is 1. The zero-order chi connectivity index (χ0) is 21.3. The summed E-state index contributed by atoms with van der Waals surface area (Å²) in [5.41, 5.74) is 2.80. The molecule has 0 spiro atoms. The second-order valence-electron chi connectivity index (χ2n) is 7.48. The smallest absolute Gasteiger partial charge is 0.211 e. The van der Waals surface area contributed by atoms with Crippen LogP contribution in [-0.2, 0) is 23.1 Å². The van der Waals surface area contributed by atoms with E-state index < -0.39 is 16.1 Å². The number of hydrogen-bond acceptors (Lipinski definition) is 3. The molecule has 4 aromatic rings. The molecule has 1 aromatic heterocycles. The van der Waals surface area contributed by atoms with E-state index in [4.69, 9.17) is 11.6 Å². The van der Waals surface area contributed by atoms with Gasteiger partial charge in [0, 0.05) is 39.9 Å². The first-order valence-corrected chi connectivity index (χ1v) is 11.9. The van der Waals surface area contributed by atoms with E-state index in [1.54, 1.807) is 18.2 Å². The lowest BCUT2D eigenvalue weighted by Crippen LogP contribution is -2.38. The van der Waals surface area contributed by atoms with Crippen LogP contribution in [0.2, 0.25) is 5.02 Å². The fraction of sp³-hybridized carbons (Fsp3) is 0.217. The first-order chi connectivity index (χ1) is 14.3. The van der Waals surface area contributed by atoms with Crippen LogP contribution in [0.25, 0.3) is 21.8 Å². The lowest BCUT2D eigenvalue weighted by molar-refractivity contribution is 0.129. The highest BCUT2D eigenvalue weighted by Gasteiger charge is 2.22. The van der Waals surface area contributed by atoms with Crippen LogP contribution in [0.5, 0.6) is 0 Å². The Morgan fingerprint density at radius 1 is 0.967 bits per heavy atom. The number of fused-ring (bicyclic) bond motifs is 3. The van der Waals surface area contributed by atoms with Crippen LogP contribution in [0.4, 0.5) is 0 Å². The molecule has 0 saturated heterocycles. The molecule has 3 aromatic carbocycles. The fourth-order valence-electron chi connectivity index (χ4n) is 3.86. The van der Waals surface area contributed by atoms with Crippen molar-refractivity contribution in [2.45, 2.75) is 19.2 Å². The highest BCUT2D eigenvalue weighted by atomic mass is 35.5. The van der Waals surface area contributed by atoms with Gasteiger partial charge in [0.15, 0.2) is 0 Å². The molecule has 0 aliphatic rings. The van der Waals surface area contributed by atoms with E-state index in [2.05, 4.69) is 16.7 Å². The fourth-order valence-corrected chi connectivity index (χ4v) is 4.90. The molecule has 156 valence electrons. The largest absolute Gasteiger partial charge is 0.390 e. The van der Waals surface area contributed by atoms with Gasteiger partial charge in [-0.2, -0.15) is 4.31 Å². The van der Waals surface area contributed by atoms with Gasteiger partial charge in [0.25, 0.3) is 0 Å². The maximum atomic E-state index is 12.4. The summed E-state index contributed by atoms with van der Waals surface area (Å²) in [5.74, 6) is 0. The zero-order valence-corrected chi connectivity index (χ0v) is 18.1. The normalized spacial score (nSPS) is 13.3. The van der Waals surface area contributed by atoms with Crippen molar-refractivity contribution in [1.82, 2.24) is 8.87 Å². The van der Waals surface area contributed by atoms with Crippen molar-refractivity contribution in [3.63, 3.8) is 0 Å². The quantitative estimate of drug-likeness (QED) is 0.465. The molecule has 1 heterocycles. The van der Waals surface area contributed by atoms with Crippen LogP contribution >= 0.6 is 11.6 Å². The lowest BCUT2D eigenvalue weighted by Gasteiger charge is -2.24. The third-order valence-electron chi connectivity index (χ3n) is 5.20. The van der Waals surface area contributed by atoms with Crippen molar-refractivity contribution in [3.8, 4) is 0 Å². The van der Waals surface area contributed by atoms with Gasteiger partial charge in [-0.15, -0.1) is 0 Å². The van der Waals surface area contributed by atoms with Crippen molar-refractivity contribution in [2.75, 3.05) is 12.8 Å². The number of aliphatic hydroxyl groups excluding tert-OH is 1. The molecular weight excluding hydrogens is 420 g/mol. The van der Waals surface area contributed by atoms with E-state index in [9.17, 15) is 13.5 Å². The molecule has 5 nitrogen and oxygen atoms in total. The summed E-state index contributed by atoms with van der Waals surface area (Å²) in [6.45, 7) is 0.436. The van der Waals surface area contributed by atoms with Gasteiger partial charge in [-0.1, -0.05) is 60.1 Å². The SMILES string of the molecule is CS(=O)(=O)N(Cc1cccc(Cl)c1)CC(O)Cn1c2ccccc2c2ccccc21. The van der Waals surface area contributed by atoms with Gasteiger partial charge < -0.3 is 9.67 Å². The molecule has 0 saturated carbocycles. The summed E-state index contributed by atoms with van der Waals surface area (Å²) < 4.78 is 28.1. The minimum Gasteiger partial charge on any atom is -0.390 e. The van der Waals surface area contributed by atoms with Crippen LogP contribution in [-0.4, -0.2) is 41.3 Å². The Labute approximate surface area is 181 Å². The molecule has 0 aliphatic heterocycles. The molecule has 4 rings (SSSR count). The summed E-state index contributed by atoms with van der Waals surface area (Å²) in [4.78, 5) is 0. The Hall–Kier alpha value is -2.38. The van der Waals surface area contributed by atoms with Crippen molar-refractivity contribution in [1.29, 1.82) is 0 Å². The van der Waals surface area contributed by atoms with Gasteiger partial charge in [-0.25, -0.2) is 8.42 Å². The number of aromatic nitrogens is 1. The number of aliphatic hydroxyl groups is 1. The first-order valence-electron chi connectivity index (χ1n) is 9.66. The summed E-state index contributed by atoms with van der Waals surface area (Å²) in [6.07, 6.45) is 0.281. The highest BCUT2D eigenvalue weighted by Crippen LogP contribution is 2.29. The maximum absolute atomic E-state index is 12.4. The Balaban J connectivity index is 1.62. The van der Waals surface area contributed by atoms with Gasteiger partial charge in [-0.3, -0.25) is 0 Å². The van der Waals surface area contributed by atoms with Gasteiger partial charge in [0.2, 0.25) is 10.0 Å².